The molecule has 2 N–H and O–H groups in total. The van der Waals surface area contributed by atoms with Gasteiger partial charge in [0, 0.05) is 18.5 Å². The summed E-state index contributed by atoms with van der Waals surface area (Å²) in [5, 5.41) is 0. The molecule has 3 fully saturated rings. The zero-order chi connectivity index (χ0) is 12.0. The minimum atomic E-state index is -0.408. The standard InChI is InChI=1S/C12H22N2O2/c1-11(2,3)16-10(15)14-6-9-4-12(5-9,7-13)8-14/h9H,4-8,13H2,1-3H3. The Morgan fingerprint density at radius 2 is 2.12 bits per heavy atom. The van der Waals surface area contributed by atoms with Gasteiger partial charge in [-0.15, -0.1) is 0 Å². The monoisotopic (exact) mass is 226 g/mol. The van der Waals surface area contributed by atoms with Crippen molar-refractivity contribution in [1.29, 1.82) is 0 Å². The number of nitrogens with zero attached hydrogens (tertiary/aromatic N) is 1. The topological polar surface area (TPSA) is 55.6 Å². The van der Waals surface area contributed by atoms with E-state index in [0.29, 0.717) is 12.5 Å². The van der Waals surface area contributed by atoms with E-state index in [1.807, 2.05) is 25.7 Å². The van der Waals surface area contributed by atoms with Gasteiger partial charge in [-0.3, -0.25) is 0 Å². The highest BCUT2D eigenvalue weighted by molar-refractivity contribution is 5.68. The second-order valence-electron chi connectivity index (χ2n) is 6.34. The van der Waals surface area contributed by atoms with Gasteiger partial charge in [0.05, 0.1) is 0 Å². The largest absolute Gasteiger partial charge is 0.444 e. The van der Waals surface area contributed by atoms with Crippen molar-refractivity contribution in [2.45, 2.75) is 39.2 Å². The van der Waals surface area contributed by atoms with Crippen LogP contribution in [0.5, 0.6) is 0 Å². The molecule has 2 heterocycles. The molecule has 1 saturated carbocycles. The molecule has 0 aromatic heterocycles. The summed E-state index contributed by atoms with van der Waals surface area (Å²) in [6.45, 7) is 7.99. The molecule has 3 rings (SSSR count). The van der Waals surface area contributed by atoms with Gasteiger partial charge in [-0.2, -0.15) is 0 Å². The quantitative estimate of drug-likeness (QED) is 0.738. The molecule has 1 amide bonds. The second kappa shape index (κ2) is 3.62. The van der Waals surface area contributed by atoms with Crippen molar-refractivity contribution in [3.8, 4) is 0 Å². The molecule has 4 heteroatoms. The summed E-state index contributed by atoms with van der Waals surface area (Å²) in [6, 6.07) is 0. The number of ether oxygens (including phenoxy) is 1. The third-order valence-electron chi connectivity index (χ3n) is 3.53. The molecule has 1 aliphatic carbocycles. The molecule has 0 unspecified atom stereocenters. The lowest BCUT2D eigenvalue weighted by Crippen LogP contribution is -2.61. The Balaban J connectivity index is 1.94. The molecule has 3 aliphatic rings. The van der Waals surface area contributed by atoms with E-state index in [2.05, 4.69) is 0 Å². The molecule has 2 bridgehead atoms. The van der Waals surface area contributed by atoms with Crippen LogP contribution in [0.3, 0.4) is 0 Å². The lowest BCUT2D eigenvalue weighted by Gasteiger charge is -2.55. The first kappa shape index (κ1) is 11.7. The molecule has 2 saturated heterocycles. The Bertz CT molecular complexity index is 290. The van der Waals surface area contributed by atoms with Crippen LogP contribution < -0.4 is 5.73 Å². The van der Waals surface area contributed by atoms with Gasteiger partial charge < -0.3 is 15.4 Å². The summed E-state index contributed by atoms with van der Waals surface area (Å²) >= 11 is 0. The SMILES string of the molecule is CC(C)(C)OC(=O)N1CC2CC(CN)(C2)C1. The van der Waals surface area contributed by atoms with Gasteiger partial charge in [-0.1, -0.05) is 0 Å². The van der Waals surface area contributed by atoms with Crippen molar-refractivity contribution in [3.63, 3.8) is 0 Å². The highest BCUT2D eigenvalue weighted by Gasteiger charge is 2.50. The Hall–Kier alpha value is -0.770. The first-order valence-corrected chi connectivity index (χ1v) is 6.02. The Labute approximate surface area is 97.1 Å². The molecule has 2 aliphatic heterocycles. The van der Waals surface area contributed by atoms with Crippen molar-refractivity contribution in [3.05, 3.63) is 0 Å². The van der Waals surface area contributed by atoms with Gasteiger partial charge in [0.25, 0.3) is 0 Å². The Morgan fingerprint density at radius 1 is 1.50 bits per heavy atom. The molecule has 0 aromatic carbocycles. The number of carbonyl (C=O) groups is 1. The van der Waals surface area contributed by atoms with Crippen LogP contribution in [0.2, 0.25) is 0 Å². The summed E-state index contributed by atoms with van der Waals surface area (Å²) in [4.78, 5) is 13.7. The Morgan fingerprint density at radius 3 is 2.62 bits per heavy atom. The van der Waals surface area contributed by atoms with Crippen LogP contribution in [0.25, 0.3) is 0 Å². The fourth-order valence-corrected chi connectivity index (χ4v) is 2.90. The maximum Gasteiger partial charge on any atom is 0.410 e. The summed E-state index contributed by atoms with van der Waals surface area (Å²) < 4.78 is 5.38. The van der Waals surface area contributed by atoms with Gasteiger partial charge >= 0.3 is 6.09 Å². The number of hydrogen-bond acceptors (Lipinski definition) is 3. The zero-order valence-electron chi connectivity index (χ0n) is 10.5. The zero-order valence-corrected chi connectivity index (χ0v) is 10.5. The minimum absolute atomic E-state index is 0.185. The molecule has 92 valence electrons. The fraction of sp³-hybridized carbons (Fsp3) is 0.917. The first-order valence-electron chi connectivity index (χ1n) is 6.02. The van der Waals surface area contributed by atoms with E-state index in [1.54, 1.807) is 0 Å². The number of piperidine rings is 2. The number of amides is 1. The maximum atomic E-state index is 11.9. The predicted molar refractivity (Wildman–Crippen MR) is 62.0 cm³/mol. The molecule has 0 atom stereocenters. The Kier molecular flexibility index (Phi) is 2.65. The minimum Gasteiger partial charge on any atom is -0.444 e. The van der Waals surface area contributed by atoms with E-state index in [4.69, 9.17) is 10.5 Å². The summed E-state index contributed by atoms with van der Waals surface area (Å²) in [5.74, 6) is 0.643. The van der Waals surface area contributed by atoms with Crippen LogP contribution in [-0.2, 0) is 4.74 Å². The van der Waals surface area contributed by atoms with E-state index in [0.717, 1.165) is 13.1 Å². The lowest BCUT2D eigenvalue weighted by molar-refractivity contribution is -0.0627. The second-order valence-corrected chi connectivity index (χ2v) is 6.34. The number of hydrogen-bond donors (Lipinski definition) is 1. The molecule has 4 nitrogen and oxygen atoms in total. The number of rotatable bonds is 1. The van der Waals surface area contributed by atoms with E-state index >= 15 is 0 Å². The third kappa shape index (κ3) is 2.17. The van der Waals surface area contributed by atoms with Crippen molar-refractivity contribution in [1.82, 2.24) is 4.90 Å². The van der Waals surface area contributed by atoms with Crippen LogP contribution in [0, 0.1) is 11.3 Å². The van der Waals surface area contributed by atoms with E-state index in [1.165, 1.54) is 12.8 Å². The van der Waals surface area contributed by atoms with Crippen LogP contribution in [0.4, 0.5) is 4.79 Å². The third-order valence-corrected chi connectivity index (χ3v) is 3.53. The molecule has 16 heavy (non-hydrogen) atoms. The summed E-state index contributed by atoms with van der Waals surface area (Å²) in [6.07, 6.45) is 2.18. The smallest absolute Gasteiger partial charge is 0.410 e. The fourth-order valence-electron chi connectivity index (χ4n) is 2.90. The predicted octanol–water partition coefficient (Wildman–Crippen LogP) is 1.59. The van der Waals surface area contributed by atoms with Gasteiger partial charge in [-0.25, -0.2) is 4.79 Å². The van der Waals surface area contributed by atoms with E-state index < -0.39 is 5.60 Å². The number of carbonyl (C=O) groups excluding carboxylic acids is 1. The maximum absolute atomic E-state index is 11.9. The van der Waals surface area contributed by atoms with Crippen molar-refractivity contribution >= 4 is 6.09 Å². The van der Waals surface area contributed by atoms with Gasteiger partial charge in [0.2, 0.25) is 0 Å². The van der Waals surface area contributed by atoms with Crippen LogP contribution in [0.1, 0.15) is 33.6 Å². The number of fused-ring (bicyclic) bond motifs is 2. The van der Waals surface area contributed by atoms with E-state index in [9.17, 15) is 4.79 Å². The van der Waals surface area contributed by atoms with Crippen molar-refractivity contribution in [2.24, 2.45) is 17.1 Å². The van der Waals surface area contributed by atoms with Gasteiger partial charge in [0.1, 0.15) is 5.60 Å². The highest BCUT2D eigenvalue weighted by Crippen LogP contribution is 2.49. The summed E-state index contributed by atoms with van der Waals surface area (Å²) in [5.41, 5.74) is 5.57. The summed E-state index contributed by atoms with van der Waals surface area (Å²) in [7, 11) is 0. The van der Waals surface area contributed by atoms with Gasteiger partial charge in [0.15, 0.2) is 0 Å². The molecule has 0 radical (unpaired) electrons. The van der Waals surface area contributed by atoms with Crippen molar-refractivity contribution < 1.29 is 9.53 Å². The highest BCUT2D eigenvalue weighted by atomic mass is 16.6. The average Bonchev–Trinajstić information content (AvgIpc) is 2.14. The number of nitrogens with two attached hydrogens (primary N) is 1. The normalized spacial score (nSPS) is 33.2. The van der Waals surface area contributed by atoms with Crippen molar-refractivity contribution in [2.75, 3.05) is 19.6 Å². The van der Waals surface area contributed by atoms with Crippen LogP contribution in [0.15, 0.2) is 0 Å². The van der Waals surface area contributed by atoms with Gasteiger partial charge in [-0.05, 0) is 46.1 Å². The average molecular weight is 226 g/mol. The molecule has 0 aromatic rings. The molecular weight excluding hydrogens is 204 g/mol. The van der Waals surface area contributed by atoms with Crippen LogP contribution >= 0.6 is 0 Å². The van der Waals surface area contributed by atoms with E-state index in [-0.39, 0.29) is 11.5 Å². The molecular formula is C12H22N2O2. The molecule has 0 spiro atoms. The van der Waals surface area contributed by atoms with Crippen LogP contribution in [-0.4, -0.2) is 36.2 Å². The first-order chi connectivity index (χ1) is 7.34. The lowest BCUT2D eigenvalue weighted by atomic mass is 9.59.